The molecule has 0 amide bonds. The first-order chi connectivity index (χ1) is 46.9. The van der Waals surface area contributed by atoms with Crippen LogP contribution in [0.5, 0.6) is 0 Å². The maximum absolute atomic E-state index is 5.83. The van der Waals surface area contributed by atoms with Crippen LogP contribution in [0.3, 0.4) is 0 Å². The molecule has 7 nitrogen and oxygen atoms in total. The summed E-state index contributed by atoms with van der Waals surface area (Å²) in [6.07, 6.45) is 0. The van der Waals surface area contributed by atoms with Crippen molar-refractivity contribution in [2.75, 3.05) is 9.80 Å². The van der Waals surface area contributed by atoms with E-state index in [-0.39, 0.29) is 17.5 Å². The number of aromatic nitrogens is 5. The average molecular weight is 1230 g/mol. The van der Waals surface area contributed by atoms with Gasteiger partial charge in [-0.2, -0.15) is 0 Å². The summed E-state index contributed by atoms with van der Waals surface area (Å²) in [5, 5.41) is 2.40. The maximum atomic E-state index is 5.83. The van der Waals surface area contributed by atoms with Crippen LogP contribution in [-0.2, 0) is 10.8 Å². The molecule has 8 heteroatoms. The van der Waals surface area contributed by atoms with E-state index >= 15 is 0 Å². The van der Waals surface area contributed by atoms with E-state index in [2.05, 4.69) is 335 Å². The second kappa shape index (κ2) is 23.1. The van der Waals surface area contributed by atoms with Crippen LogP contribution in [0, 0.1) is 0 Å². The molecule has 0 saturated heterocycles. The van der Waals surface area contributed by atoms with Crippen molar-refractivity contribution in [1.82, 2.24) is 24.5 Å². The van der Waals surface area contributed by atoms with E-state index in [9.17, 15) is 0 Å². The number of anilines is 6. The van der Waals surface area contributed by atoms with Gasteiger partial charge in [-0.1, -0.05) is 242 Å². The molecule has 2 aliphatic heterocycles. The maximum Gasteiger partial charge on any atom is 0.252 e. The van der Waals surface area contributed by atoms with Crippen LogP contribution in [0.1, 0.15) is 52.7 Å². The minimum Gasteiger partial charge on any atom is -0.311 e. The summed E-state index contributed by atoms with van der Waals surface area (Å²) in [7, 11) is 0. The van der Waals surface area contributed by atoms with Crippen molar-refractivity contribution in [1.29, 1.82) is 0 Å². The first-order valence-electron chi connectivity index (χ1n) is 33.2. The molecule has 17 rings (SSSR count). The van der Waals surface area contributed by atoms with Crippen molar-refractivity contribution in [2.45, 2.75) is 52.4 Å². The van der Waals surface area contributed by atoms with Gasteiger partial charge in [-0.3, -0.25) is 0 Å². The van der Waals surface area contributed by atoms with Gasteiger partial charge in [-0.05, 0) is 153 Å². The fraction of sp³-hybridized carbons (Fsp3) is 0.0909. The summed E-state index contributed by atoms with van der Waals surface area (Å²) in [6, 6.07) is 110. The first-order valence-corrected chi connectivity index (χ1v) is 33.2. The molecule has 5 heterocycles. The highest BCUT2D eigenvalue weighted by molar-refractivity contribution is 7.00. The van der Waals surface area contributed by atoms with Gasteiger partial charge < -0.3 is 14.4 Å². The second-order valence-corrected chi connectivity index (χ2v) is 27.5. The van der Waals surface area contributed by atoms with Crippen molar-refractivity contribution < 1.29 is 0 Å². The zero-order valence-electron chi connectivity index (χ0n) is 54.6. The van der Waals surface area contributed by atoms with Crippen molar-refractivity contribution >= 4 is 79.0 Å². The Morgan fingerprint density at radius 2 is 0.688 bits per heavy atom. The van der Waals surface area contributed by atoms with E-state index in [4.69, 9.17) is 19.9 Å². The third kappa shape index (κ3) is 10.2. The van der Waals surface area contributed by atoms with Crippen LogP contribution in [0.2, 0.25) is 0 Å². The molecule has 0 atom stereocenters. The molecule has 0 saturated carbocycles. The number of nitrogens with zero attached hydrogens (tertiary/aromatic N) is 7. The number of para-hydroxylation sites is 4. The van der Waals surface area contributed by atoms with Crippen molar-refractivity contribution in [3.8, 4) is 84.6 Å². The minimum absolute atomic E-state index is 0.00227. The lowest BCUT2D eigenvalue weighted by Crippen LogP contribution is -2.61. The summed E-state index contributed by atoms with van der Waals surface area (Å²) >= 11 is 0. The number of fused-ring (bicyclic) bond motifs is 7. The number of hydrogen-bond donors (Lipinski definition) is 0. The van der Waals surface area contributed by atoms with Gasteiger partial charge in [-0.15, -0.1) is 0 Å². The second-order valence-electron chi connectivity index (χ2n) is 27.5. The van der Waals surface area contributed by atoms with Crippen LogP contribution in [-0.4, -0.2) is 31.2 Å². The standard InChI is InChI=1S/C88H68BN7/c1-87(2,3)64-44-47-77-68(53-64)69-54-65(88(4,5)6)45-48-78(69)96(77)79-46-43-62(76-55-73(57-27-12-7-13-28-57)90-85(91-76)59-31-16-9-17-32-59)50-70(79)86-92-74(58-29-14-8-15-30-58)56-75(93-86)61-34-26-33-60(49-61)63-51-82-84-83(52-63)95(67-37-20-11-21-38-67)81-42-25-23-40-72(81)89(84)71-39-22-24-41-80(71)94(82)66-35-18-10-19-36-66/h7-56H,1-6H3. The van der Waals surface area contributed by atoms with E-state index in [1.807, 2.05) is 24.3 Å². The van der Waals surface area contributed by atoms with E-state index in [1.165, 1.54) is 49.7 Å². The summed E-state index contributed by atoms with van der Waals surface area (Å²) in [6.45, 7) is 13.8. The zero-order chi connectivity index (χ0) is 64.8. The highest BCUT2D eigenvalue weighted by atomic mass is 15.2. The first kappa shape index (κ1) is 58.1. The van der Waals surface area contributed by atoms with E-state index in [1.54, 1.807) is 0 Å². The van der Waals surface area contributed by atoms with E-state index in [0.717, 1.165) is 107 Å². The average Bonchev–Trinajstić information content (AvgIpc) is 1.08. The fourth-order valence-electron chi connectivity index (χ4n) is 14.5. The predicted octanol–water partition coefficient (Wildman–Crippen LogP) is 20.7. The van der Waals surface area contributed by atoms with Crippen molar-refractivity contribution in [3.05, 3.63) is 314 Å². The smallest absolute Gasteiger partial charge is 0.252 e. The lowest BCUT2D eigenvalue weighted by molar-refractivity contribution is 0.590. The van der Waals surface area contributed by atoms with Gasteiger partial charge in [0.2, 0.25) is 0 Å². The Bertz CT molecular complexity index is 5260. The number of rotatable bonds is 10. The molecule has 458 valence electrons. The minimum atomic E-state index is -0.0753. The highest BCUT2D eigenvalue weighted by Gasteiger charge is 2.43. The zero-order valence-corrected chi connectivity index (χ0v) is 54.6. The molecule has 15 aromatic rings. The lowest BCUT2D eigenvalue weighted by Gasteiger charge is -2.44. The Balaban J connectivity index is 0.906. The monoisotopic (exact) mass is 1230 g/mol. The van der Waals surface area contributed by atoms with Gasteiger partial charge in [0.05, 0.1) is 39.5 Å². The highest BCUT2D eigenvalue weighted by Crippen LogP contribution is 2.48. The molecular weight excluding hydrogens is 1170 g/mol. The largest absolute Gasteiger partial charge is 0.311 e. The molecule has 0 fully saturated rings. The topological polar surface area (TPSA) is 63.0 Å². The summed E-state index contributed by atoms with van der Waals surface area (Å²) < 4.78 is 2.44. The molecule has 0 spiro atoms. The molecule has 2 aliphatic rings. The molecule has 0 aliphatic carbocycles. The summed E-state index contributed by atoms with van der Waals surface area (Å²) in [4.78, 5) is 27.1. The van der Waals surface area contributed by atoms with E-state index in [0.29, 0.717) is 11.6 Å². The van der Waals surface area contributed by atoms with E-state index < -0.39 is 0 Å². The summed E-state index contributed by atoms with van der Waals surface area (Å²) in [5.41, 5.74) is 27.2. The van der Waals surface area contributed by atoms with Gasteiger partial charge in [0.25, 0.3) is 6.71 Å². The SMILES string of the molecule is CC(C)(C)c1ccc2c(c1)c1cc(C(C)(C)C)ccc1n2-c1ccc(-c2cc(-c3ccccc3)nc(-c3ccccc3)n2)cc1-c1nc(-c2ccccc2)cc(-c2cccc(-c3cc4c5c(c3)N(c3ccccc3)c3ccccc3B5c3ccccc3N4c3ccccc3)c2)n1. The van der Waals surface area contributed by atoms with Crippen LogP contribution in [0.4, 0.5) is 34.1 Å². The Kier molecular flexibility index (Phi) is 14.0. The van der Waals surface area contributed by atoms with Crippen LogP contribution >= 0.6 is 0 Å². The molecular formula is C88H68BN7. The van der Waals surface area contributed by atoms with Gasteiger partial charge in [0, 0.05) is 78.3 Å². The molecule has 96 heavy (non-hydrogen) atoms. The van der Waals surface area contributed by atoms with Gasteiger partial charge in [0.15, 0.2) is 11.6 Å². The van der Waals surface area contributed by atoms with Crippen molar-refractivity contribution in [3.63, 3.8) is 0 Å². The molecule has 0 bridgehead atoms. The van der Waals surface area contributed by atoms with Crippen molar-refractivity contribution in [2.24, 2.45) is 0 Å². The number of hydrogen-bond acceptors (Lipinski definition) is 6. The van der Waals surface area contributed by atoms with Crippen LogP contribution in [0.15, 0.2) is 303 Å². The Labute approximate surface area is 561 Å². The molecule has 0 unspecified atom stereocenters. The molecule has 0 N–H and O–H groups in total. The Morgan fingerprint density at radius 3 is 1.18 bits per heavy atom. The summed E-state index contributed by atoms with van der Waals surface area (Å²) in [5.74, 6) is 1.23. The van der Waals surface area contributed by atoms with Gasteiger partial charge in [0.1, 0.15) is 0 Å². The molecule has 0 radical (unpaired) electrons. The Morgan fingerprint density at radius 1 is 0.281 bits per heavy atom. The quantitative estimate of drug-likeness (QED) is 0.127. The Hall–Kier alpha value is -11.7. The van der Waals surface area contributed by atoms with Gasteiger partial charge >= 0.3 is 0 Å². The fourth-order valence-corrected chi connectivity index (χ4v) is 14.5. The third-order valence-electron chi connectivity index (χ3n) is 19.3. The molecule has 12 aromatic carbocycles. The van der Waals surface area contributed by atoms with Gasteiger partial charge in [-0.25, -0.2) is 19.9 Å². The van der Waals surface area contributed by atoms with Crippen LogP contribution in [0.25, 0.3) is 106 Å². The normalized spacial score (nSPS) is 12.6. The predicted molar refractivity (Wildman–Crippen MR) is 401 cm³/mol. The third-order valence-corrected chi connectivity index (χ3v) is 19.3. The van der Waals surface area contributed by atoms with Crippen LogP contribution < -0.4 is 26.2 Å². The lowest BCUT2D eigenvalue weighted by atomic mass is 9.33. The number of benzene rings is 12. The molecule has 3 aromatic heterocycles.